The maximum Gasteiger partial charge on any atom is 0.211 e. The molecule has 0 unspecified atom stereocenters. The Hall–Kier alpha value is -2.86. The molecule has 1 aromatic carbocycles. The van der Waals surface area contributed by atoms with Crippen molar-refractivity contribution in [1.82, 2.24) is 19.2 Å². The number of piperidine rings is 1. The first-order chi connectivity index (χ1) is 17.5. The van der Waals surface area contributed by atoms with E-state index in [1.165, 1.54) is 22.7 Å². The molecule has 0 saturated carbocycles. The molecular formula is C29H39N5O2S. The van der Waals surface area contributed by atoms with Crippen LogP contribution in [0, 0.1) is 11.8 Å². The largest absolute Gasteiger partial charge is 0.373 e. The summed E-state index contributed by atoms with van der Waals surface area (Å²) in [5.74, 6) is 6.60. The van der Waals surface area contributed by atoms with Crippen LogP contribution in [0.2, 0.25) is 0 Å². The second kappa shape index (κ2) is 11.3. The number of benzene rings is 1. The smallest absolute Gasteiger partial charge is 0.211 e. The third kappa shape index (κ3) is 6.92. The fourth-order valence-electron chi connectivity index (χ4n) is 4.75. The van der Waals surface area contributed by atoms with Crippen molar-refractivity contribution in [3.63, 3.8) is 0 Å². The van der Waals surface area contributed by atoms with Gasteiger partial charge in [0.25, 0.3) is 0 Å². The number of nitrogens with one attached hydrogen (secondary N) is 2. The van der Waals surface area contributed by atoms with E-state index in [2.05, 4.69) is 96.1 Å². The minimum atomic E-state index is -3.09. The molecule has 3 aromatic rings. The van der Waals surface area contributed by atoms with Gasteiger partial charge in [0.15, 0.2) is 0 Å². The van der Waals surface area contributed by atoms with Crippen molar-refractivity contribution in [2.75, 3.05) is 31.2 Å². The fourth-order valence-corrected chi connectivity index (χ4v) is 5.63. The van der Waals surface area contributed by atoms with E-state index in [9.17, 15) is 8.42 Å². The van der Waals surface area contributed by atoms with Crippen LogP contribution in [0.3, 0.4) is 0 Å². The lowest BCUT2D eigenvalue weighted by molar-refractivity contribution is 0.290. The van der Waals surface area contributed by atoms with Crippen molar-refractivity contribution < 1.29 is 8.42 Å². The Bertz CT molecular complexity index is 1380. The highest BCUT2D eigenvalue weighted by molar-refractivity contribution is 7.88. The zero-order chi connectivity index (χ0) is 26.6. The molecule has 198 valence electrons. The van der Waals surface area contributed by atoms with E-state index in [1.54, 1.807) is 4.31 Å². The van der Waals surface area contributed by atoms with Gasteiger partial charge in [-0.25, -0.2) is 12.7 Å². The molecule has 1 saturated heterocycles. The summed E-state index contributed by atoms with van der Waals surface area (Å²) in [5.41, 5.74) is 5.50. The van der Waals surface area contributed by atoms with Crippen LogP contribution in [0.4, 0.5) is 5.69 Å². The maximum absolute atomic E-state index is 11.7. The van der Waals surface area contributed by atoms with Gasteiger partial charge in [-0.3, -0.25) is 4.98 Å². The van der Waals surface area contributed by atoms with Crippen LogP contribution in [0.25, 0.3) is 10.9 Å². The summed E-state index contributed by atoms with van der Waals surface area (Å²) in [7, 11) is -3.09. The molecule has 0 atom stereocenters. The molecule has 3 heterocycles. The molecule has 0 bridgehead atoms. The van der Waals surface area contributed by atoms with Gasteiger partial charge in [0.1, 0.15) is 0 Å². The Morgan fingerprint density at radius 3 is 2.49 bits per heavy atom. The van der Waals surface area contributed by atoms with Crippen LogP contribution in [-0.2, 0) is 28.5 Å². The zero-order valence-electron chi connectivity index (χ0n) is 22.6. The minimum absolute atomic E-state index is 0.0414. The van der Waals surface area contributed by atoms with Crippen molar-refractivity contribution in [3.8, 4) is 11.8 Å². The van der Waals surface area contributed by atoms with Gasteiger partial charge in [-0.15, -0.1) is 0 Å². The maximum atomic E-state index is 11.7. The highest BCUT2D eigenvalue weighted by Gasteiger charge is 2.24. The summed E-state index contributed by atoms with van der Waals surface area (Å²) < 4.78 is 27.3. The third-order valence-electron chi connectivity index (χ3n) is 6.93. The Labute approximate surface area is 221 Å². The molecule has 37 heavy (non-hydrogen) atoms. The average molecular weight is 522 g/mol. The van der Waals surface area contributed by atoms with Gasteiger partial charge in [-0.05, 0) is 61.6 Å². The van der Waals surface area contributed by atoms with Crippen molar-refractivity contribution in [1.29, 1.82) is 0 Å². The lowest BCUT2D eigenvalue weighted by Gasteiger charge is -2.30. The van der Waals surface area contributed by atoms with Crippen LogP contribution >= 0.6 is 0 Å². The van der Waals surface area contributed by atoms with Gasteiger partial charge in [-0.1, -0.05) is 32.8 Å². The molecule has 4 rings (SSSR count). The summed E-state index contributed by atoms with van der Waals surface area (Å²) in [6, 6.07) is 13.2. The van der Waals surface area contributed by atoms with E-state index in [0.717, 1.165) is 43.0 Å². The summed E-state index contributed by atoms with van der Waals surface area (Å²) in [5, 5.41) is 8.14. The second-order valence-electron chi connectivity index (χ2n) is 10.8. The molecule has 0 radical (unpaired) electrons. The predicted octanol–water partition coefficient (Wildman–Crippen LogP) is 4.33. The summed E-state index contributed by atoms with van der Waals surface area (Å²) in [6.45, 7) is 12.0. The van der Waals surface area contributed by atoms with E-state index in [1.807, 2.05) is 6.20 Å². The highest BCUT2D eigenvalue weighted by atomic mass is 32.2. The van der Waals surface area contributed by atoms with Crippen molar-refractivity contribution >= 4 is 26.6 Å². The molecule has 2 N–H and O–H groups in total. The molecule has 1 aliphatic rings. The van der Waals surface area contributed by atoms with Crippen LogP contribution in [0.5, 0.6) is 0 Å². The Balaban J connectivity index is 1.36. The van der Waals surface area contributed by atoms with Crippen LogP contribution < -0.4 is 10.6 Å². The topological polar surface area (TPSA) is 79.3 Å². The molecule has 2 aromatic heterocycles. The van der Waals surface area contributed by atoms with Gasteiger partial charge >= 0.3 is 0 Å². The van der Waals surface area contributed by atoms with Gasteiger partial charge in [0.2, 0.25) is 10.0 Å². The first-order valence-corrected chi connectivity index (χ1v) is 14.9. The number of nitrogens with zero attached hydrogens (tertiary/aromatic N) is 3. The molecule has 0 spiro atoms. The molecule has 0 amide bonds. The quantitative estimate of drug-likeness (QED) is 0.453. The molecule has 1 aliphatic heterocycles. The summed E-state index contributed by atoms with van der Waals surface area (Å²) in [4.78, 5) is 4.56. The van der Waals surface area contributed by atoms with E-state index in [4.69, 9.17) is 0 Å². The monoisotopic (exact) mass is 521 g/mol. The second-order valence-corrected chi connectivity index (χ2v) is 12.8. The Morgan fingerprint density at radius 2 is 1.86 bits per heavy atom. The molecule has 8 heteroatoms. The number of fused-ring (bicyclic) bond motifs is 1. The molecule has 0 aliphatic carbocycles. The van der Waals surface area contributed by atoms with Gasteiger partial charge in [0, 0.05) is 54.2 Å². The standard InChI is InChI=1S/C29H39N5O2S/c1-6-34-26(8-7-15-30-25-10-12-28(32-21-25)29(2,3)4)19-23-18-22(9-11-27(23)34)20-31-24-13-16-33(17-14-24)37(5,35)36/h9-12,18-19,21,24,30-31H,6,13-17,20H2,1-5H3. The van der Waals surface area contributed by atoms with Crippen molar-refractivity contribution in [3.05, 3.63) is 59.5 Å². The van der Waals surface area contributed by atoms with Crippen LogP contribution in [-0.4, -0.2) is 54.2 Å². The summed E-state index contributed by atoms with van der Waals surface area (Å²) in [6.07, 6.45) is 4.84. The molecule has 7 nitrogen and oxygen atoms in total. The van der Waals surface area contributed by atoms with E-state index in [0.29, 0.717) is 25.7 Å². The first kappa shape index (κ1) is 27.2. The SMILES string of the molecule is CCn1c(C#CCNc2ccc(C(C)(C)C)nc2)cc2cc(CNC3CCN(S(C)(=O)=O)CC3)ccc21. The van der Waals surface area contributed by atoms with Crippen LogP contribution in [0.15, 0.2) is 42.6 Å². The number of aryl methyl sites for hydroxylation is 1. The molecule has 1 fully saturated rings. The van der Waals surface area contributed by atoms with Gasteiger partial charge in [0.05, 0.1) is 30.4 Å². The Morgan fingerprint density at radius 1 is 1.11 bits per heavy atom. The zero-order valence-corrected chi connectivity index (χ0v) is 23.5. The van der Waals surface area contributed by atoms with Gasteiger partial charge < -0.3 is 15.2 Å². The fraction of sp³-hybridized carbons (Fsp3) is 0.483. The normalized spacial score (nSPS) is 15.5. The average Bonchev–Trinajstić information content (AvgIpc) is 3.21. The number of hydrogen-bond acceptors (Lipinski definition) is 5. The number of hydrogen-bond donors (Lipinski definition) is 2. The van der Waals surface area contributed by atoms with Crippen molar-refractivity contribution in [2.24, 2.45) is 0 Å². The van der Waals surface area contributed by atoms with E-state index >= 15 is 0 Å². The number of sulfonamides is 1. The van der Waals surface area contributed by atoms with Gasteiger partial charge in [-0.2, -0.15) is 0 Å². The number of anilines is 1. The van der Waals surface area contributed by atoms with E-state index < -0.39 is 10.0 Å². The number of aromatic nitrogens is 2. The van der Waals surface area contributed by atoms with Crippen LogP contribution in [0.1, 0.15) is 57.5 Å². The number of pyridine rings is 1. The number of rotatable bonds is 7. The first-order valence-electron chi connectivity index (χ1n) is 13.0. The summed E-state index contributed by atoms with van der Waals surface area (Å²) >= 11 is 0. The predicted molar refractivity (Wildman–Crippen MR) is 152 cm³/mol. The lowest BCUT2D eigenvalue weighted by atomic mass is 9.92. The van der Waals surface area contributed by atoms with E-state index in [-0.39, 0.29) is 5.41 Å². The Kier molecular flexibility index (Phi) is 8.27. The lowest BCUT2D eigenvalue weighted by Crippen LogP contribution is -2.44. The van der Waals surface area contributed by atoms with Crippen molar-refractivity contribution in [2.45, 2.75) is 65.1 Å². The highest BCUT2D eigenvalue weighted by Crippen LogP contribution is 2.23. The minimum Gasteiger partial charge on any atom is -0.373 e. The molecular weight excluding hydrogens is 482 g/mol. The third-order valence-corrected chi connectivity index (χ3v) is 8.23.